The van der Waals surface area contributed by atoms with Gasteiger partial charge in [0.25, 0.3) is 0 Å². The van der Waals surface area contributed by atoms with E-state index in [1.807, 2.05) is 65.2 Å². The number of rotatable bonds is 5. The summed E-state index contributed by atoms with van der Waals surface area (Å²) in [5.74, 6) is 0. The Labute approximate surface area is 379 Å². The molecule has 0 saturated carbocycles. The summed E-state index contributed by atoms with van der Waals surface area (Å²) in [5, 5.41) is 5.13. The van der Waals surface area contributed by atoms with Crippen LogP contribution in [-0.2, 0) is 0 Å². The van der Waals surface area contributed by atoms with E-state index >= 15 is 0 Å². The predicted molar refractivity (Wildman–Crippen MR) is 276 cm³/mol. The third-order valence-corrected chi connectivity index (χ3v) is 12.9. The maximum atomic E-state index is 7.39. The van der Waals surface area contributed by atoms with Gasteiger partial charge in [-0.2, -0.15) is 0 Å². The summed E-state index contributed by atoms with van der Waals surface area (Å²) in [5.41, 5.74) is 13.9. The molecule has 0 N–H and O–H groups in total. The van der Waals surface area contributed by atoms with Crippen LogP contribution in [0, 0.1) is 0 Å². The predicted octanol–water partition coefficient (Wildman–Crippen LogP) is 6.34. The zero-order chi connectivity index (χ0) is 43.5. The van der Waals surface area contributed by atoms with Crippen molar-refractivity contribution < 1.29 is 4.42 Å². The lowest BCUT2D eigenvalue weighted by Crippen LogP contribution is -2.48. The van der Waals surface area contributed by atoms with Crippen molar-refractivity contribution in [1.82, 2.24) is 9.13 Å². The SMILES string of the molecule is [B]c1c([B])c([B])c2c(c1[B])c1c([B])c(-c3ccc4c(c3)c3ccc(-c5ccccc5)cc3n4-c3ccc(-c4ccccc4)cc3)c([B])c([B])c1n2-c1ccc2c(c1)oc1ccccc12. The van der Waals surface area contributed by atoms with E-state index in [9.17, 15) is 0 Å². The summed E-state index contributed by atoms with van der Waals surface area (Å²) in [7, 11) is 48.7. The Morgan fingerprint density at radius 3 is 1.59 bits per heavy atom. The van der Waals surface area contributed by atoms with Gasteiger partial charge in [0, 0.05) is 55.4 Å². The van der Waals surface area contributed by atoms with Gasteiger partial charge in [0.05, 0.1) is 11.0 Å². The van der Waals surface area contributed by atoms with Gasteiger partial charge in [-0.3, -0.25) is 0 Å². The van der Waals surface area contributed by atoms with Crippen molar-refractivity contribution in [1.29, 1.82) is 0 Å². The summed E-state index contributed by atoms with van der Waals surface area (Å²) >= 11 is 0. The smallest absolute Gasteiger partial charge is 0.137 e. The highest BCUT2D eigenvalue weighted by Crippen LogP contribution is 2.39. The summed E-state index contributed by atoms with van der Waals surface area (Å²) < 4.78 is 10.5. The number of hydrogen-bond donors (Lipinski definition) is 0. The molecule has 3 nitrogen and oxygen atoms in total. The fourth-order valence-corrected chi connectivity index (χ4v) is 9.81. The van der Waals surface area contributed by atoms with Gasteiger partial charge in [0.2, 0.25) is 0 Å². The first-order valence-electron chi connectivity index (χ1n) is 21.0. The van der Waals surface area contributed by atoms with Gasteiger partial charge in [0.1, 0.15) is 66.1 Å². The van der Waals surface area contributed by atoms with Gasteiger partial charge >= 0.3 is 0 Å². The fraction of sp³-hybridized carbons (Fsp3) is 0. The highest BCUT2D eigenvalue weighted by molar-refractivity contribution is 6.69. The summed E-state index contributed by atoms with van der Waals surface area (Å²) in [6.07, 6.45) is 0. The number of aromatic nitrogens is 2. The second kappa shape index (κ2) is 14.4. The Hall–Kier alpha value is -7.17. The van der Waals surface area contributed by atoms with Gasteiger partial charge < -0.3 is 13.6 Å². The zero-order valence-electron chi connectivity index (χ0n) is 34.4. The topological polar surface area (TPSA) is 23.0 Å². The van der Waals surface area contributed by atoms with Crippen molar-refractivity contribution in [3.8, 4) is 44.8 Å². The minimum atomic E-state index is 0.161. The number of fused-ring (bicyclic) bond motifs is 9. The first-order valence-corrected chi connectivity index (χ1v) is 21.0. The van der Waals surface area contributed by atoms with Crippen molar-refractivity contribution >= 4 is 159 Å². The van der Waals surface area contributed by atoms with Crippen molar-refractivity contribution in [2.75, 3.05) is 0 Å². The molecule has 3 aromatic heterocycles. The first kappa shape index (κ1) is 38.5. The molecule has 12 aromatic rings. The molecule has 0 aliphatic heterocycles. The van der Waals surface area contributed by atoms with Crippen LogP contribution < -0.4 is 38.2 Å². The van der Waals surface area contributed by atoms with E-state index in [1.165, 1.54) is 0 Å². The second-order valence-electron chi connectivity index (χ2n) is 16.4. The molecule has 0 atom stereocenters. The van der Waals surface area contributed by atoms with Crippen molar-refractivity contribution in [2.45, 2.75) is 0 Å². The zero-order valence-corrected chi connectivity index (χ0v) is 34.4. The van der Waals surface area contributed by atoms with E-state index in [-0.39, 0.29) is 21.9 Å². The standard InChI is InChI=1S/C54H27B7N2O/c55-46-43(47(56)51(60)53-44(46)45-48(57)49(58)50(59)52(61)54(45)63(53)34-21-23-37-36-13-7-8-14-41(36)64-42(37)27-34)32-18-24-39-38(25-32)35-22-17-31(29-11-5-2-6-12-29)26-40(35)62(39)33-19-15-30(16-20-33)28-9-3-1-4-10-28/h1-27H. The monoisotopic (exact) mass is 796 g/mol. The molecular formula is C54H27B7N2O. The van der Waals surface area contributed by atoms with Crippen LogP contribution in [0.15, 0.2) is 168 Å². The fourth-order valence-electron chi connectivity index (χ4n) is 9.81. The first-order chi connectivity index (χ1) is 31.2. The van der Waals surface area contributed by atoms with E-state index in [1.54, 1.807) is 0 Å². The van der Waals surface area contributed by atoms with Crippen molar-refractivity contribution in [3.63, 3.8) is 0 Å². The van der Waals surface area contributed by atoms with Crippen LogP contribution in [-0.4, -0.2) is 64.1 Å². The summed E-state index contributed by atoms with van der Waals surface area (Å²) in [4.78, 5) is 0. The Balaban J connectivity index is 1.11. The largest absolute Gasteiger partial charge is 0.456 e. The molecule has 0 unspecified atom stereocenters. The third-order valence-electron chi connectivity index (χ3n) is 12.9. The molecule has 280 valence electrons. The maximum Gasteiger partial charge on any atom is 0.137 e. The van der Waals surface area contributed by atoms with E-state index in [2.05, 4.69) is 108 Å². The van der Waals surface area contributed by atoms with E-state index < -0.39 is 0 Å². The average Bonchev–Trinajstić information content (AvgIpc) is 4.00. The molecule has 0 aliphatic rings. The molecule has 12 rings (SSSR count). The van der Waals surface area contributed by atoms with E-state index in [4.69, 9.17) is 59.3 Å². The molecule has 0 spiro atoms. The molecule has 14 radical (unpaired) electrons. The van der Waals surface area contributed by atoms with E-state index in [0.29, 0.717) is 55.0 Å². The Bertz CT molecular complexity index is 3910. The lowest BCUT2D eigenvalue weighted by Gasteiger charge is -2.19. The number of hydrogen-bond acceptors (Lipinski definition) is 1. The van der Waals surface area contributed by atoms with Crippen molar-refractivity contribution in [3.05, 3.63) is 164 Å². The molecule has 9 aromatic carbocycles. The molecule has 10 heteroatoms. The molecule has 0 bridgehead atoms. The second-order valence-corrected chi connectivity index (χ2v) is 16.4. The number of benzene rings is 9. The van der Waals surface area contributed by atoms with Crippen molar-refractivity contribution in [2.24, 2.45) is 0 Å². The lowest BCUT2D eigenvalue weighted by atomic mass is 9.64. The van der Waals surface area contributed by atoms with Crippen LogP contribution >= 0.6 is 0 Å². The van der Waals surface area contributed by atoms with Crippen LogP contribution in [0.1, 0.15) is 0 Å². The van der Waals surface area contributed by atoms with Crippen LogP contribution in [0.4, 0.5) is 0 Å². The molecule has 0 fully saturated rings. The number of nitrogens with zero attached hydrogens (tertiary/aromatic N) is 2. The molecule has 0 amide bonds. The number of furan rings is 1. The van der Waals surface area contributed by atoms with Gasteiger partial charge in [-0.05, 0) is 87.3 Å². The molecule has 0 saturated heterocycles. The van der Waals surface area contributed by atoms with Crippen LogP contribution in [0.3, 0.4) is 0 Å². The number of para-hydroxylation sites is 1. The average molecular weight is 796 g/mol. The maximum absolute atomic E-state index is 7.39. The minimum Gasteiger partial charge on any atom is -0.456 e. The molecule has 64 heavy (non-hydrogen) atoms. The van der Waals surface area contributed by atoms with Gasteiger partial charge in [-0.15, -0.1) is 10.9 Å². The van der Waals surface area contributed by atoms with E-state index in [0.717, 1.165) is 71.7 Å². The van der Waals surface area contributed by atoms with Gasteiger partial charge in [0.15, 0.2) is 0 Å². The van der Waals surface area contributed by atoms with Crippen LogP contribution in [0.2, 0.25) is 0 Å². The summed E-state index contributed by atoms with van der Waals surface area (Å²) in [6, 6.07) is 56.2. The minimum absolute atomic E-state index is 0.161. The molecule has 3 heterocycles. The normalized spacial score (nSPS) is 11.9. The Morgan fingerprint density at radius 1 is 0.312 bits per heavy atom. The quantitative estimate of drug-likeness (QED) is 0.187. The third kappa shape index (κ3) is 5.58. The van der Waals surface area contributed by atoms with Crippen LogP contribution in [0.5, 0.6) is 0 Å². The lowest BCUT2D eigenvalue weighted by molar-refractivity contribution is 0.668. The summed E-state index contributed by atoms with van der Waals surface area (Å²) in [6.45, 7) is 0. The Kier molecular flexibility index (Phi) is 8.69. The highest BCUT2D eigenvalue weighted by atomic mass is 16.3. The van der Waals surface area contributed by atoms with Gasteiger partial charge in [-0.1, -0.05) is 137 Å². The molecular weight excluding hydrogens is 768 g/mol. The molecule has 0 aliphatic carbocycles. The Morgan fingerprint density at radius 2 is 0.859 bits per heavy atom. The highest BCUT2D eigenvalue weighted by Gasteiger charge is 2.25. The van der Waals surface area contributed by atoms with Gasteiger partial charge in [-0.25, -0.2) is 0 Å². The van der Waals surface area contributed by atoms with Crippen LogP contribution in [0.25, 0.3) is 110 Å².